The molecule has 2 aliphatic carbocycles. The first-order chi connectivity index (χ1) is 16.3. The summed E-state index contributed by atoms with van der Waals surface area (Å²) < 4.78 is 65.3. The zero-order valence-corrected chi connectivity index (χ0v) is 20.3. The molecule has 1 aromatic rings. The maximum absolute atomic E-state index is 14.0. The first kappa shape index (κ1) is 25.6. The number of carbonyl (C=O) groups excluding carboxylic acids is 2. The fourth-order valence-electron chi connectivity index (χ4n) is 4.64. The Kier molecular flexibility index (Phi) is 6.70. The van der Waals surface area contributed by atoms with E-state index in [-0.39, 0.29) is 24.8 Å². The SMILES string of the molecule is CC(C)(C)OC(=O)N1CCC[C@H]1CN(C(=O)OCC1CC1)C1(c2ccc(F)c(C(F)(F)F)c2)CC1. The molecule has 0 N–H and O–H groups in total. The maximum atomic E-state index is 14.0. The molecule has 1 aromatic carbocycles. The van der Waals surface area contributed by atoms with E-state index in [9.17, 15) is 27.2 Å². The summed E-state index contributed by atoms with van der Waals surface area (Å²) in [4.78, 5) is 29.1. The van der Waals surface area contributed by atoms with Crippen LogP contribution in [-0.2, 0) is 21.2 Å². The number of carbonyl (C=O) groups is 2. The van der Waals surface area contributed by atoms with Crippen molar-refractivity contribution < 1.29 is 36.6 Å². The summed E-state index contributed by atoms with van der Waals surface area (Å²) in [6, 6.07) is 2.54. The van der Waals surface area contributed by atoms with Crippen LogP contribution in [0.25, 0.3) is 0 Å². The molecule has 10 heteroatoms. The Morgan fingerprint density at radius 3 is 2.40 bits per heavy atom. The Morgan fingerprint density at radius 2 is 1.83 bits per heavy atom. The lowest BCUT2D eigenvalue weighted by molar-refractivity contribution is -0.140. The van der Waals surface area contributed by atoms with Crippen molar-refractivity contribution in [1.82, 2.24) is 9.80 Å². The van der Waals surface area contributed by atoms with Crippen LogP contribution in [0.15, 0.2) is 18.2 Å². The van der Waals surface area contributed by atoms with Crippen LogP contribution in [0.1, 0.15) is 70.4 Å². The van der Waals surface area contributed by atoms with Crippen LogP contribution < -0.4 is 0 Å². The molecule has 2 saturated carbocycles. The highest BCUT2D eigenvalue weighted by atomic mass is 19.4. The molecule has 0 aromatic heterocycles. The smallest absolute Gasteiger partial charge is 0.419 e. The van der Waals surface area contributed by atoms with Gasteiger partial charge in [0.1, 0.15) is 11.4 Å². The van der Waals surface area contributed by atoms with Crippen LogP contribution in [0, 0.1) is 11.7 Å². The second kappa shape index (κ2) is 9.17. The first-order valence-electron chi connectivity index (χ1n) is 12.1. The van der Waals surface area contributed by atoms with Crippen molar-refractivity contribution in [3.63, 3.8) is 0 Å². The molecule has 3 fully saturated rings. The minimum absolute atomic E-state index is 0.0987. The van der Waals surface area contributed by atoms with Gasteiger partial charge in [-0.3, -0.25) is 4.90 Å². The highest BCUT2D eigenvalue weighted by molar-refractivity contribution is 5.71. The molecule has 1 saturated heterocycles. The monoisotopic (exact) mass is 500 g/mol. The van der Waals surface area contributed by atoms with Crippen LogP contribution in [0.3, 0.4) is 0 Å². The maximum Gasteiger partial charge on any atom is 0.419 e. The molecule has 3 aliphatic rings. The van der Waals surface area contributed by atoms with Gasteiger partial charge in [0.05, 0.1) is 23.8 Å². The Morgan fingerprint density at radius 1 is 1.14 bits per heavy atom. The largest absolute Gasteiger partial charge is 0.449 e. The first-order valence-corrected chi connectivity index (χ1v) is 12.1. The second-order valence-electron chi connectivity index (χ2n) is 10.8. The predicted molar refractivity (Wildman–Crippen MR) is 119 cm³/mol. The summed E-state index contributed by atoms with van der Waals surface area (Å²) in [5.41, 5.74) is -2.86. The summed E-state index contributed by atoms with van der Waals surface area (Å²) in [6.45, 7) is 6.12. The number of alkyl halides is 3. The van der Waals surface area contributed by atoms with E-state index in [0.717, 1.165) is 31.4 Å². The van der Waals surface area contributed by atoms with E-state index in [1.807, 2.05) is 0 Å². The van der Waals surface area contributed by atoms with Crippen LogP contribution in [0.5, 0.6) is 0 Å². The molecule has 35 heavy (non-hydrogen) atoms. The summed E-state index contributed by atoms with van der Waals surface area (Å²) in [5.74, 6) is -1.05. The molecular formula is C25H32F4N2O4. The van der Waals surface area contributed by atoms with E-state index in [4.69, 9.17) is 9.47 Å². The summed E-state index contributed by atoms with van der Waals surface area (Å²) in [5, 5.41) is 0. The van der Waals surface area contributed by atoms with Crippen molar-refractivity contribution in [2.75, 3.05) is 19.7 Å². The molecule has 2 amide bonds. The second-order valence-corrected chi connectivity index (χ2v) is 10.8. The van der Waals surface area contributed by atoms with Crippen LogP contribution in [0.4, 0.5) is 27.2 Å². The lowest BCUT2D eigenvalue weighted by Gasteiger charge is -2.36. The number of likely N-dealkylation sites (tertiary alicyclic amines) is 1. The van der Waals surface area contributed by atoms with Crippen molar-refractivity contribution in [3.8, 4) is 0 Å². The van der Waals surface area contributed by atoms with Gasteiger partial charge in [-0.25, -0.2) is 14.0 Å². The molecule has 6 nitrogen and oxygen atoms in total. The molecule has 194 valence electrons. The van der Waals surface area contributed by atoms with Gasteiger partial charge in [-0.2, -0.15) is 13.2 Å². The quantitative estimate of drug-likeness (QED) is 0.444. The summed E-state index contributed by atoms with van der Waals surface area (Å²) in [6.07, 6.45) is -1.83. The molecule has 1 heterocycles. The third kappa shape index (κ3) is 5.83. The fraction of sp³-hybridized carbons (Fsp3) is 0.680. The molecule has 0 bridgehead atoms. The van der Waals surface area contributed by atoms with Gasteiger partial charge in [0.25, 0.3) is 0 Å². The van der Waals surface area contributed by atoms with Gasteiger partial charge in [0, 0.05) is 13.1 Å². The van der Waals surface area contributed by atoms with Gasteiger partial charge < -0.3 is 14.4 Å². The number of halogens is 4. The number of hydrogen-bond donors (Lipinski definition) is 0. The van der Waals surface area contributed by atoms with Gasteiger partial charge in [0.15, 0.2) is 0 Å². The molecule has 0 spiro atoms. The highest BCUT2D eigenvalue weighted by Crippen LogP contribution is 2.53. The summed E-state index contributed by atoms with van der Waals surface area (Å²) in [7, 11) is 0. The van der Waals surface area contributed by atoms with E-state index in [1.165, 1.54) is 11.0 Å². The molecule has 1 aliphatic heterocycles. The lowest BCUT2D eigenvalue weighted by atomic mass is 9.99. The predicted octanol–water partition coefficient (Wildman–Crippen LogP) is 6.08. The number of amides is 2. The van der Waals surface area contributed by atoms with Gasteiger partial charge in [-0.1, -0.05) is 6.07 Å². The Balaban J connectivity index is 1.61. The van der Waals surface area contributed by atoms with Crippen LogP contribution in [-0.4, -0.2) is 53.3 Å². The Hall–Kier alpha value is -2.52. The average molecular weight is 501 g/mol. The highest BCUT2D eigenvalue weighted by Gasteiger charge is 2.54. The van der Waals surface area contributed by atoms with Crippen LogP contribution in [0.2, 0.25) is 0 Å². The molecule has 0 unspecified atom stereocenters. The Labute approximate surface area is 202 Å². The van der Waals surface area contributed by atoms with Gasteiger partial charge in [-0.15, -0.1) is 0 Å². The number of ether oxygens (including phenoxy) is 2. The Bertz CT molecular complexity index is 967. The molecule has 4 rings (SSSR count). The van der Waals surface area contributed by atoms with E-state index < -0.39 is 40.9 Å². The third-order valence-corrected chi connectivity index (χ3v) is 6.81. The standard InChI is InChI=1S/C25H32F4N2O4/c1-23(2,3)35-21(32)30-12-4-5-18(30)14-31(22(33)34-15-16-6-7-16)24(10-11-24)17-8-9-20(26)19(13-17)25(27,28)29/h8-9,13,16,18H,4-7,10-12,14-15H2,1-3H3/t18-/m0/s1. The van der Waals surface area contributed by atoms with Crippen LogP contribution >= 0.6 is 0 Å². The molecule has 0 radical (unpaired) electrons. The fourth-order valence-corrected chi connectivity index (χ4v) is 4.64. The number of benzene rings is 1. The molecule has 1 atom stereocenters. The van der Waals surface area contributed by atoms with E-state index in [1.54, 1.807) is 25.7 Å². The van der Waals surface area contributed by atoms with Gasteiger partial charge >= 0.3 is 18.4 Å². The number of rotatable bonds is 6. The zero-order valence-electron chi connectivity index (χ0n) is 20.3. The van der Waals surface area contributed by atoms with Crippen molar-refractivity contribution in [2.45, 2.75) is 82.7 Å². The van der Waals surface area contributed by atoms with Gasteiger partial charge in [0.2, 0.25) is 0 Å². The number of hydrogen-bond acceptors (Lipinski definition) is 4. The third-order valence-electron chi connectivity index (χ3n) is 6.81. The van der Waals surface area contributed by atoms with E-state index >= 15 is 0 Å². The van der Waals surface area contributed by atoms with Crippen molar-refractivity contribution in [2.24, 2.45) is 5.92 Å². The van der Waals surface area contributed by atoms with E-state index in [2.05, 4.69) is 0 Å². The zero-order chi connectivity index (χ0) is 25.6. The minimum atomic E-state index is -4.85. The van der Waals surface area contributed by atoms with Crippen molar-refractivity contribution in [1.29, 1.82) is 0 Å². The lowest BCUT2D eigenvalue weighted by Crippen LogP contribution is -2.50. The van der Waals surface area contributed by atoms with Crippen molar-refractivity contribution >= 4 is 12.2 Å². The average Bonchev–Trinajstić information content (AvgIpc) is 3.67. The number of nitrogens with zero attached hydrogens (tertiary/aromatic N) is 2. The van der Waals surface area contributed by atoms with Gasteiger partial charge in [-0.05, 0) is 82.9 Å². The van der Waals surface area contributed by atoms with E-state index in [0.29, 0.717) is 31.7 Å². The summed E-state index contributed by atoms with van der Waals surface area (Å²) >= 11 is 0. The van der Waals surface area contributed by atoms with Crippen molar-refractivity contribution in [3.05, 3.63) is 35.1 Å². The molecular weight excluding hydrogens is 468 g/mol. The minimum Gasteiger partial charge on any atom is -0.449 e. The topological polar surface area (TPSA) is 59.1 Å². The normalized spacial score (nSPS) is 21.6.